The summed E-state index contributed by atoms with van der Waals surface area (Å²) in [6, 6.07) is -0.465. The van der Waals surface area contributed by atoms with Crippen molar-refractivity contribution in [1.29, 1.82) is 0 Å². The Labute approximate surface area is 80.0 Å². The van der Waals surface area contributed by atoms with E-state index in [1.807, 2.05) is 0 Å². The van der Waals surface area contributed by atoms with Crippen molar-refractivity contribution in [3.63, 3.8) is 0 Å². The lowest BCUT2D eigenvalue weighted by molar-refractivity contribution is -0.126. The van der Waals surface area contributed by atoms with Gasteiger partial charge in [0, 0.05) is 13.6 Å². The Balaban J connectivity index is 3.04. The van der Waals surface area contributed by atoms with Crippen molar-refractivity contribution in [1.82, 2.24) is 9.80 Å². The molecule has 3 amide bonds. The number of carbonyl (C=O) groups is 2. The largest absolute Gasteiger partial charge is 0.329 e. The van der Waals surface area contributed by atoms with Crippen molar-refractivity contribution in [3.05, 3.63) is 0 Å². The van der Waals surface area contributed by atoms with Crippen LogP contribution < -0.4 is 0 Å². The second kappa shape index (κ2) is 2.78. The molecular weight excluding hydrogens is 203 g/mol. The van der Waals surface area contributed by atoms with Crippen LogP contribution in [0.1, 0.15) is 6.92 Å². The van der Waals surface area contributed by atoms with E-state index in [1.54, 1.807) is 6.92 Å². The van der Waals surface area contributed by atoms with Crippen molar-refractivity contribution in [2.75, 3.05) is 13.6 Å². The monoisotopic (exact) mass is 210 g/mol. The molecule has 1 saturated heterocycles. The first-order chi connectivity index (χ1) is 5.42. The number of carbonyl (C=O) groups excluding carboxylic acids is 2. The van der Waals surface area contributed by atoms with Gasteiger partial charge in [-0.1, -0.05) is 23.2 Å². The summed E-state index contributed by atoms with van der Waals surface area (Å²) in [6.45, 7) is 2.01. The van der Waals surface area contributed by atoms with Crippen LogP contribution in [-0.4, -0.2) is 39.8 Å². The first kappa shape index (κ1) is 9.61. The van der Waals surface area contributed by atoms with Gasteiger partial charge in [-0.15, -0.1) is 0 Å². The van der Waals surface area contributed by atoms with Crippen molar-refractivity contribution < 1.29 is 9.59 Å². The van der Waals surface area contributed by atoms with E-state index in [0.717, 1.165) is 9.80 Å². The molecule has 1 aliphatic rings. The normalized spacial score (nSPS) is 22.3. The highest BCUT2D eigenvalue weighted by Crippen LogP contribution is 2.34. The summed E-state index contributed by atoms with van der Waals surface area (Å²) in [4.78, 5) is 24.4. The molecule has 1 rings (SSSR count). The third-order valence-corrected chi connectivity index (χ3v) is 2.47. The molecule has 0 aromatic rings. The van der Waals surface area contributed by atoms with Crippen LogP contribution in [0.15, 0.2) is 0 Å². The van der Waals surface area contributed by atoms with E-state index in [2.05, 4.69) is 0 Å². The number of rotatable bonds is 1. The molecule has 6 heteroatoms. The highest BCUT2D eigenvalue weighted by molar-refractivity contribution is 6.60. The molecule has 0 aromatic carbocycles. The first-order valence-corrected chi connectivity index (χ1v) is 4.16. The molecule has 1 aliphatic heterocycles. The molecule has 0 unspecified atom stereocenters. The van der Waals surface area contributed by atoms with E-state index < -0.39 is 16.4 Å². The van der Waals surface area contributed by atoms with E-state index in [-0.39, 0.29) is 0 Å². The first-order valence-electron chi connectivity index (χ1n) is 3.40. The van der Waals surface area contributed by atoms with Gasteiger partial charge in [-0.2, -0.15) is 0 Å². The zero-order chi connectivity index (χ0) is 9.52. The average molecular weight is 211 g/mol. The minimum Gasteiger partial charge on any atom is -0.285 e. The summed E-state index contributed by atoms with van der Waals surface area (Å²) >= 11 is 11.3. The van der Waals surface area contributed by atoms with Gasteiger partial charge in [0.05, 0.1) is 0 Å². The predicted octanol–water partition coefficient (Wildman–Crippen LogP) is 1.03. The Morgan fingerprint density at radius 1 is 1.42 bits per heavy atom. The maximum absolute atomic E-state index is 11.2. The lowest BCUT2D eigenvalue weighted by Gasteiger charge is -2.20. The quantitative estimate of drug-likeness (QED) is 0.369. The molecule has 12 heavy (non-hydrogen) atoms. The topological polar surface area (TPSA) is 40.6 Å². The third-order valence-electron chi connectivity index (χ3n) is 1.74. The molecule has 1 fully saturated rings. The molecule has 0 aliphatic carbocycles. The van der Waals surface area contributed by atoms with Crippen molar-refractivity contribution >= 4 is 35.1 Å². The smallest absolute Gasteiger partial charge is 0.285 e. The Kier molecular flexibility index (Phi) is 2.23. The van der Waals surface area contributed by atoms with E-state index in [0.29, 0.717) is 6.54 Å². The zero-order valence-electron chi connectivity index (χ0n) is 6.67. The number of halogens is 2. The number of amides is 3. The van der Waals surface area contributed by atoms with Gasteiger partial charge < -0.3 is 0 Å². The zero-order valence-corrected chi connectivity index (χ0v) is 8.19. The Morgan fingerprint density at radius 2 is 1.92 bits per heavy atom. The minimum absolute atomic E-state index is 0.307. The van der Waals surface area contributed by atoms with Crippen molar-refractivity contribution in [2.45, 2.75) is 11.4 Å². The van der Waals surface area contributed by atoms with Crippen LogP contribution in [-0.2, 0) is 4.79 Å². The van der Waals surface area contributed by atoms with Crippen LogP contribution in [0.4, 0.5) is 4.79 Å². The number of hydrogen-bond donors (Lipinski definition) is 0. The number of likely N-dealkylation sites (N-methyl/N-ethyl adjacent to an activating group) is 2. The fraction of sp³-hybridized carbons (Fsp3) is 0.667. The number of urea groups is 1. The SMILES string of the molecule is CCN1C(=O)N(C)C(=O)C1(Cl)Cl. The van der Waals surface area contributed by atoms with Gasteiger partial charge >= 0.3 is 6.03 Å². The Morgan fingerprint density at radius 3 is 2.08 bits per heavy atom. The highest BCUT2D eigenvalue weighted by Gasteiger charge is 2.53. The average Bonchev–Trinajstić information content (AvgIpc) is 2.13. The summed E-state index contributed by atoms with van der Waals surface area (Å²) in [5, 5.41) is 0. The molecule has 0 atom stereocenters. The van der Waals surface area contributed by atoms with Crippen LogP contribution in [0.25, 0.3) is 0 Å². The van der Waals surface area contributed by atoms with Gasteiger partial charge in [0.2, 0.25) is 0 Å². The lowest BCUT2D eigenvalue weighted by atomic mass is 10.5. The Bertz CT molecular complexity index is 242. The van der Waals surface area contributed by atoms with Crippen LogP contribution in [0.5, 0.6) is 0 Å². The van der Waals surface area contributed by atoms with Gasteiger partial charge in [-0.05, 0) is 6.92 Å². The molecular formula is C6H8Cl2N2O2. The van der Waals surface area contributed by atoms with Gasteiger partial charge in [0.25, 0.3) is 10.4 Å². The summed E-state index contributed by atoms with van der Waals surface area (Å²) in [6.07, 6.45) is 0. The number of imide groups is 1. The molecule has 0 spiro atoms. The fourth-order valence-corrected chi connectivity index (χ4v) is 1.68. The third kappa shape index (κ3) is 1.06. The maximum atomic E-state index is 11.2. The molecule has 1 heterocycles. The number of alkyl halides is 2. The van der Waals surface area contributed by atoms with E-state index in [1.165, 1.54) is 7.05 Å². The highest BCUT2D eigenvalue weighted by atomic mass is 35.5. The standard InChI is InChI=1S/C6H8Cl2N2O2/c1-3-10-5(12)9(2)4(11)6(10,7)8/h3H2,1-2H3. The molecule has 4 nitrogen and oxygen atoms in total. The molecule has 68 valence electrons. The van der Waals surface area contributed by atoms with Crippen LogP contribution in [0.2, 0.25) is 0 Å². The van der Waals surface area contributed by atoms with Crippen LogP contribution in [0, 0.1) is 0 Å². The van der Waals surface area contributed by atoms with Gasteiger partial charge in [-0.25, -0.2) is 4.79 Å². The summed E-state index contributed by atoms with van der Waals surface area (Å²) < 4.78 is -1.72. The van der Waals surface area contributed by atoms with E-state index >= 15 is 0 Å². The van der Waals surface area contributed by atoms with Crippen LogP contribution in [0.3, 0.4) is 0 Å². The summed E-state index contributed by atoms with van der Waals surface area (Å²) in [5.74, 6) is -0.599. The second-order valence-corrected chi connectivity index (χ2v) is 3.72. The molecule has 0 radical (unpaired) electrons. The molecule has 0 N–H and O–H groups in total. The fourth-order valence-electron chi connectivity index (χ4n) is 1.04. The van der Waals surface area contributed by atoms with E-state index in [9.17, 15) is 9.59 Å². The van der Waals surface area contributed by atoms with Gasteiger partial charge in [-0.3, -0.25) is 14.6 Å². The summed E-state index contributed by atoms with van der Waals surface area (Å²) in [5.41, 5.74) is 0. The molecule has 0 aromatic heterocycles. The van der Waals surface area contributed by atoms with Gasteiger partial charge in [0.15, 0.2) is 0 Å². The maximum Gasteiger partial charge on any atom is 0.329 e. The second-order valence-electron chi connectivity index (χ2n) is 2.43. The van der Waals surface area contributed by atoms with Crippen molar-refractivity contribution in [3.8, 4) is 0 Å². The Hall–Kier alpha value is -0.480. The minimum atomic E-state index is -1.72. The lowest BCUT2D eigenvalue weighted by Crippen LogP contribution is -2.39. The molecule has 0 bridgehead atoms. The predicted molar refractivity (Wildman–Crippen MR) is 45.0 cm³/mol. The number of hydrogen-bond acceptors (Lipinski definition) is 2. The van der Waals surface area contributed by atoms with Gasteiger partial charge in [0.1, 0.15) is 0 Å². The number of nitrogens with zero attached hydrogens (tertiary/aromatic N) is 2. The van der Waals surface area contributed by atoms with Crippen molar-refractivity contribution in [2.24, 2.45) is 0 Å². The summed E-state index contributed by atoms with van der Waals surface area (Å²) in [7, 11) is 1.35. The molecule has 0 saturated carbocycles. The van der Waals surface area contributed by atoms with E-state index in [4.69, 9.17) is 23.2 Å². The van der Waals surface area contributed by atoms with Crippen LogP contribution >= 0.6 is 23.2 Å².